The van der Waals surface area contributed by atoms with Gasteiger partial charge in [-0.1, -0.05) is 66.3 Å². The predicted octanol–water partition coefficient (Wildman–Crippen LogP) is 6.12. The molecule has 0 radical (unpaired) electrons. The number of hydrogen-bond acceptors (Lipinski definition) is 5. The van der Waals surface area contributed by atoms with Gasteiger partial charge in [0.15, 0.2) is 6.61 Å². The molecule has 1 aliphatic rings. The lowest BCUT2D eigenvalue weighted by Crippen LogP contribution is -2.49. The maximum absolute atomic E-state index is 13.1. The Bertz CT molecular complexity index is 1240. The van der Waals surface area contributed by atoms with E-state index in [4.69, 9.17) is 51.1 Å². The number of fused-ring (bicyclic) bond motifs is 1. The summed E-state index contributed by atoms with van der Waals surface area (Å²) in [6, 6.07) is 2.34. The number of alkyl halides is 3. The van der Waals surface area contributed by atoms with Crippen LogP contribution < -0.4 is 5.32 Å². The van der Waals surface area contributed by atoms with Crippen LogP contribution in [0.2, 0.25) is 20.1 Å². The van der Waals surface area contributed by atoms with Gasteiger partial charge in [-0.2, -0.15) is 13.2 Å². The van der Waals surface area contributed by atoms with Crippen LogP contribution in [-0.2, 0) is 20.5 Å². The molecule has 3 amide bonds. The molecule has 0 saturated carbocycles. The summed E-state index contributed by atoms with van der Waals surface area (Å²) < 4.78 is 43.5. The maximum atomic E-state index is 13.1. The standard InChI is InChI=1S/C22H15Cl4F3N2O5/c1-8(2)18(31-19(33)12-13(20(31)34)15(24)17(26)16(25)14(12)23)21(35)36-7-11(32)30-10-5-3-4-9(6-10)22(27,28)29/h3-6,8,18H,7H2,1-2H3,(H,30,32). The lowest BCUT2D eigenvalue weighted by molar-refractivity contribution is -0.152. The van der Waals surface area contributed by atoms with Gasteiger partial charge in [-0.15, -0.1) is 0 Å². The highest BCUT2D eigenvalue weighted by Gasteiger charge is 2.48. The highest BCUT2D eigenvalue weighted by atomic mass is 35.5. The third-order valence-electron chi connectivity index (χ3n) is 5.10. The first-order valence-corrected chi connectivity index (χ1v) is 11.6. The summed E-state index contributed by atoms with van der Waals surface area (Å²) in [5, 5.41) is 1.04. The molecule has 0 bridgehead atoms. The second kappa shape index (κ2) is 10.5. The molecule has 0 spiro atoms. The van der Waals surface area contributed by atoms with Gasteiger partial charge in [0.25, 0.3) is 17.7 Å². The number of esters is 1. The lowest BCUT2D eigenvalue weighted by Gasteiger charge is -2.27. The predicted molar refractivity (Wildman–Crippen MR) is 127 cm³/mol. The van der Waals surface area contributed by atoms with Gasteiger partial charge in [-0.25, -0.2) is 4.79 Å². The number of carbonyl (C=O) groups excluding carboxylic acids is 4. The van der Waals surface area contributed by atoms with Crippen molar-refractivity contribution < 1.29 is 37.1 Å². The molecule has 1 unspecified atom stereocenters. The van der Waals surface area contributed by atoms with E-state index >= 15 is 0 Å². The molecule has 1 atom stereocenters. The number of nitrogens with zero attached hydrogens (tertiary/aromatic N) is 1. The highest BCUT2D eigenvalue weighted by Crippen LogP contribution is 2.45. The maximum Gasteiger partial charge on any atom is 0.416 e. The minimum absolute atomic E-state index is 0.176. The van der Waals surface area contributed by atoms with Crippen molar-refractivity contribution in [3.8, 4) is 0 Å². The molecule has 2 aromatic rings. The molecule has 0 fully saturated rings. The Morgan fingerprint density at radius 1 is 0.972 bits per heavy atom. The van der Waals surface area contributed by atoms with Gasteiger partial charge < -0.3 is 10.1 Å². The van der Waals surface area contributed by atoms with E-state index in [1.807, 2.05) is 0 Å². The number of imide groups is 1. The van der Waals surface area contributed by atoms with Crippen LogP contribution in [0.3, 0.4) is 0 Å². The van der Waals surface area contributed by atoms with Gasteiger partial charge in [0, 0.05) is 5.69 Å². The van der Waals surface area contributed by atoms with Crippen LogP contribution in [0.5, 0.6) is 0 Å². The number of benzene rings is 2. The molecule has 1 heterocycles. The zero-order valence-corrected chi connectivity index (χ0v) is 21.3. The van der Waals surface area contributed by atoms with Crippen molar-refractivity contribution in [2.24, 2.45) is 5.92 Å². The summed E-state index contributed by atoms with van der Waals surface area (Å²) in [6.45, 7) is 2.13. The zero-order valence-electron chi connectivity index (χ0n) is 18.3. The van der Waals surface area contributed by atoms with Crippen LogP contribution in [0.1, 0.15) is 40.1 Å². The van der Waals surface area contributed by atoms with E-state index < -0.39 is 54.0 Å². The number of amides is 3. The van der Waals surface area contributed by atoms with Gasteiger partial charge in [0.05, 0.1) is 36.8 Å². The molecule has 7 nitrogen and oxygen atoms in total. The Labute approximate surface area is 222 Å². The van der Waals surface area contributed by atoms with E-state index in [0.717, 1.165) is 12.1 Å². The normalized spacial score (nSPS) is 14.2. The number of halogens is 7. The molecule has 192 valence electrons. The van der Waals surface area contributed by atoms with Crippen LogP contribution in [-0.4, -0.2) is 41.2 Å². The molecule has 3 rings (SSSR count). The van der Waals surface area contributed by atoms with Crippen molar-refractivity contribution in [3.05, 3.63) is 61.0 Å². The van der Waals surface area contributed by atoms with Crippen molar-refractivity contribution in [1.82, 2.24) is 4.90 Å². The van der Waals surface area contributed by atoms with E-state index in [1.165, 1.54) is 19.9 Å². The first kappa shape index (κ1) is 28.0. The third-order valence-corrected chi connectivity index (χ3v) is 6.90. The van der Waals surface area contributed by atoms with E-state index in [2.05, 4.69) is 5.32 Å². The molecular weight excluding hydrogens is 571 g/mol. The molecular formula is C22H15Cl4F3N2O5. The summed E-state index contributed by atoms with van der Waals surface area (Å²) in [6.07, 6.45) is -4.62. The number of hydrogen-bond donors (Lipinski definition) is 1. The van der Waals surface area contributed by atoms with Crippen molar-refractivity contribution in [2.75, 3.05) is 11.9 Å². The average molecular weight is 586 g/mol. The van der Waals surface area contributed by atoms with Gasteiger partial charge in [0.2, 0.25) is 0 Å². The molecule has 0 saturated heterocycles. The van der Waals surface area contributed by atoms with Crippen LogP contribution >= 0.6 is 46.4 Å². The molecule has 0 aliphatic carbocycles. The summed E-state index contributed by atoms with van der Waals surface area (Å²) in [7, 11) is 0. The van der Waals surface area contributed by atoms with Crippen LogP contribution in [0.25, 0.3) is 0 Å². The van der Waals surface area contributed by atoms with Gasteiger partial charge in [0.1, 0.15) is 6.04 Å². The Hall–Kier alpha value is -2.53. The largest absolute Gasteiger partial charge is 0.454 e. The SMILES string of the molecule is CC(C)C(C(=O)OCC(=O)Nc1cccc(C(F)(F)F)c1)N1C(=O)c2c(Cl)c(Cl)c(Cl)c(Cl)c2C1=O. The second-order valence-electron chi connectivity index (χ2n) is 7.91. The topological polar surface area (TPSA) is 92.8 Å². The van der Waals surface area contributed by atoms with Gasteiger partial charge in [-0.05, 0) is 24.1 Å². The Balaban J connectivity index is 1.78. The van der Waals surface area contributed by atoms with Crippen LogP contribution in [0, 0.1) is 5.92 Å². The lowest BCUT2D eigenvalue weighted by atomic mass is 10.0. The van der Waals surface area contributed by atoms with E-state index in [-0.39, 0.29) is 36.9 Å². The Morgan fingerprint density at radius 3 is 1.97 bits per heavy atom. The number of carbonyl (C=O) groups is 4. The summed E-state index contributed by atoms with van der Waals surface area (Å²) in [5.41, 5.74) is -1.83. The molecule has 1 aliphatic heterocycles. The number of anilines is 1. The first-order chi connectivity index (χ1) is 16.7. The summed E-state index contributed by atoms with van der Waals surface area (Å²) in [5.74, 6) is -4.69. The third kappa shape index (κ3) is 5.27. The molecule has 14 heteroatoms. The van der Waals surface area contributed by atoms with Crippen molar-refractivity contribution in [3.63, 3.8) is 0 Å². The first-order valence-electron chi connectivity index (χ1n) is 10.0. The molecule has 1 N–H and O–H groups in total. The number of nitrogens with one attached hydrogen (secondary N) is 1. The van der Waals surface area contributed by atoms with Crippen LogP contribution in [0.15, 0.2) is 24.3 Å². The zero-order chi connectivity index (χ0) is 27.1. The molecule has 0 aromatic heterocycles. The minimum Gasteiger partial charge on any atom is -0.454 e. The van der Waals surface area contributed by atoms with Crippen molar-refractivity contribution in [2.45, 2.75) is 26.1 Å². The Morgan fingerprint density at radius 2 is 1.50 bits per heavy atom. The van der Waals surface area contributed by atoms with Gasteiger partial charge in [-0.3, -0.25) is 19.3 Å². The van der Waals surface area contributed by atoms with E-state index in [0.29, 0.717) is 11.0 Å². The van der Waals surface area contributed by atoms with E-state index in [9.17, 15) is 32.3 Å². The fourth-order valence-electron chi connectivity index (χ4n) is 3.49. The second-order valence-corrected chi connectivity index (χ2v) is 9.42. The quantitative estimate of drug-likeness (QED) is 0.191. The van der Waals surface area contributed by atoms with Gasteiger partial charge >= 0.3 is 12.1 Å². The molecule has 2 aromatic carbocycles. The average Bonchev–Trinajstić information content (AvgIpc) is 3.05. The number of ether oxygens (including phenoxy) is 1. The molecule has 36 heavy (non-hydrogen) atoms. The monoisotopic (exact) mass is 584 g/mol. The smallest absolute Gasteiger partial charge is 0.416 e. The highest BCUT2D eigenvalue weighted by molar-refractivity contribution is 6.55. The number of rotatable bonds is 6. The minimum atomic E-state index is -4.62. The fourth-order valence-corrected chi connectivity index (χ4v) is 4.50. The summed E-state index contributed by atoms with van der Waals surface area (Å²) >= 11 is 24.2. The van der Waals surface area contributed by atoms with Crippen molar-refractivity contribution in [1.29, 1.82) is 0 Å². The van der Waals surface area contributed by atoms with E-state index in [1.54, 1.807) is 0 Å². The van der Waals surface area contributed by atoms with Crippen molar-refractivity contribution >= 4 is 75.8 Å². The Kier molecular flexibility index (Phi) is 8.14. The summed E-state index contributed by atoms with van der Waals surface area (Å²) in [4.78, 5) is 51.8. The fraction of sp³-hybridized carbons (Fsp3) is 0.273. The van der Waals surface area contributed by atoms with Crippen LogP contribution in [0.4, 0.5) is 18.9 Å².